The van der Waals surface area contributed by atoms with E-state index in [1.165, 1.54) is 47.8 Å². The second-order valence-electron chi connectivity index (χ2n) is 14.8. The summed E-state index contributed by atoms with van der Waals surface area (Å²) in [5, 5.41) is 4.88. The lowest BCUT2D eigenvalue weighted by Gasteiger charge is -2.11. The molecule has 0 saturated carbocycles. The van der Waals surface area contributed by atoms with Gasteiger partial charge in [-0.05, 0) is 51.2 Å². The number of nitrogens with zero attached hydrogens (tertiary/aromatic N) is 3. The lowest BCUT2D eigenvalue weighted by Crippen LogP contribution is -1.95. The van der Waals surface area contributed by atoms with Crippen LogP contribution in [0.1, 0.15) is 0 Å². The molecular formula is C55H35N3S. The zero-order valence-electron chi connectivity index (χ0n) is 32.0. The lowest BCUT2D eigenvalue weighted by molar-refractivity contribution is 1.18. The molecule has 0 saturated heterocycles. The fourth-order valence-corrected chi connectivity index (χ4v) is 9.49. The topological polar surface area (TPSA) is 38.7 Å². The van der Waals surface area contributed by atoms with Gasteiger partial charge in [0.1, 0.15) is 0 Å². The van der Waals surface area contributed by atoms with Gasteiger partial charge in [-0.1, -0.05) is 194 Å². The zero-order chi connectivity index (χ0) is 39.1. The minimum atomic E-state index is 0.714. The SMILES string of the molecule is c1ccc(-c2cc(-c3ccc(-c4ccc(-c5sc6c(-c7ccccc7)nc7ccccc7c6c5-c5ccc6ccccc6c5)cc4)cc3)nc(-c3ccccc3)n2)cc1. The molecule has 0 aliphatic rings. The van der Waals surface area contributed by atoms with Gasteiger partial charge in [0.05, 0.1) is 27.3 Å². The van der Waals surface area contributed by atoms with E-state index in [0.29, 0.717) is 5.82 Å². The van der Waals surface area contributed by atoms with Crippen molar-refractivity contribution in [1.82, 2.24) is 15.0 Å². The van der Waals surface area contributed by atoms with Crippen LogP contribution in [0.3, 0.4) is 0 Å². The van der Waals surface area contributed by atoms with Crippen molar-refractivity contribution in [3.05, 3.63) is 212 Å². The molecule has 8 aromatic carbocycles. The summed E-state index contributed by atoms with van der Waals surface area (Å²) < 4.78 is 1.20. The number of benzene rings is 8. The fourth-order valence-electron chi connectivity index (χ4n) is 8.14. The van der Waals surface area contributed by atoms with Gasteiger partial charge in [-0.3, -0.25) is 0 Å². The number of hydrogen-bond donors (Lipinski definition) is 0. The monoisotopic (exact) mass is 769 g/mol. The molecule has 11 aromatic rings. The van der Waals surface area contributed by atoms with E-state index in [1.54, 1.807) is 0 Å². The number of rotatable bonds is 7. The molecule has 3 heterocycles. The molecule has 0 unspecified atom stereocenters. The van der Waals surface area contributed by atoms with Gasteiger partial charge in [-0.2, -0.15) is 0 Å². The second-order valence-corrected chi connectivity index (χ2v) is 15.8. The van der Waals surface area contributed by atoms with Crippen molar-refractivity contribution in [3.8, 4) is 77.9 Å². The quantitative estimate of drug-likeness (QED) is 0.162. The molecule has 0 N–H and O–H groups in total. The summed E-state index contributed by atoms with van der Waals surface area (Å²) >= 11 is 1.84. The van der Waals surface area contributed by atoms with E-state index in [1.807, 2.05) is 47.7 Å². The van der Waals surface area contributed by atoms with Gasteiger partial charge >= 0.3 is 0 Å². The Kier molecular flexibility index (Phi) is 8.68. The number of thiophene rings is 1. The van der Waals surface area contributed by atoms with Crippen LogP contribution in [0.15, 0.2) is 212 Å². The predicted molar refractivity (Wildman–Crippen MR) is 248 cm³/mol. The van der Waals surface area contributed by atoms with Crippen LogP contribution in [0, 0.1) is 0 Å². The maximum atomic E-state index is 5.29. The molecule has 0 radical (unpaired) electrons. The Bertz CT molecular complexity index is 3230. The third-order valence-corrected chi connectivity index (χ3v) is 12.3. The highest BCUT2D eigenvalue weighted by Crippen LogP contribution is 2.50. The highest BCUT2D eigenvalue weighted by molar-refractivity contribution is 7.23. The fraction of sp³-hybridized carbons (Fsp3) is 0. The Hall–Kier alpha value is -7.53. The molecule has 0 amide bonds. The van der Waals surface area contributed by atoms with Crippen molar-refractivity contribution in [1.29, 1.82) is 0 Å². The van der Waals surface area contributed by atoms with Gasteiger partial charge in [-0.15, -0.1) is 11.3 Å². The molecule has 3 aromatic heterocycles. The van der Waals surface area contributed by atoms with E-state index in [0.717, 1.165) is 56.0 Å². The van der Waals surface area contributed by atoms with Crippen molar-refractivity contribution in [2.75, 3.05) is 0 Å². The van der Waals surface area contributed by atoms with Gasteiger partial charge in [0.2, 0.25) is 0 Å². The van der Waals surface area contributed by atoms with Crippen LogP contribution in [0.5, 0.6) is 0 Å². The first-order chi connectivity index (χ1) is 29.2. The lowest BCUT2D eigenvalue weighted by atomic mass is 9.93. The number of hydrogen-bond acceptors (Lipinski definition) is 4. The Morgan fingerprint density at radius 1 is 0.339 bits per heavy atom. The van der Waals surface area contributed by atoms with E-state index >= 15 is 0 Å². The van der Waals surface area contributed by atoms with Gasteiger partial charge < -0.3 is 0 Å². The van der Waals surface area contributed by atoms with Crippen LogP contribution in [0.25, 0.3) is 110 Å². The molecule has 276 valence electrons. The average molecular weight is 770 g/mol. The summed E-state index contributed by atoms with van der Waals surface area (Å²) in [4.78, 5) is 16.5. The molecule has 0 spiro atoms. The van der Waals surface area contributed by atoms with Crippen LogP contribution < -0.4 is 0 Å². The summed E-state index contributed by atoms with van der Waals surface area (Å²) in [5.74, 6) is 0.714. The first kappa shape index (κ1) is 34.7. The Labute approximate surface area is 346 Å². The predicted octanol–water partition coefficient (Wildman–Crippen LogP) is 15.1. The van der Waals surface area contributed by atoms with E-state index in [9.17, 15) is 0 Å². The maximum Gasteiger partial charge on any atom is 0.160 e. The molecule has 0 aliphatic heterocycles. The summed E-state index contributed by atoms with van der Waals surface area (Å²) in [6, 6.07) is 75.0. The third-order valence-electron chi connectivity index (χ3n) is 11.1. The number of fused-ring (bicyclic) bond motifs is 4. The third kappa shape index (κ3) is 6.46. The zero-order valence-corrected chi connectivity index (χ0v) is 32.8. The van der Waals surface area contributed by atoms with E-state index in [2.05, 4.69) is 176 Å². The molecule has 0 bridgehead atoms. The van der Waals surface area contributed by atoms with Crippen LogP contribution in [-0.2, 0) is 0 Å². The van der Waals surface area contributed by atoms with Crippen molar-refractivity contribution in [2.45, 2.75) is 0 Å². The Morgan fingerprint density at radius 2 is 0.847 bits per heavy atom. The highest BCUT2D eigenvalue weighted by atomic mass is 32.1. The first-order valence-electron chi connectivity index (χ1n) is 19.8. The Balaban J connectivity index is 1.01. The summed E-state index contributed by atoms with van der Waals surface area (Å²) in [5.41, 5.74) is 14.0. The van der Waals surface area contributed by atoms with Crippen molar-refractivity contribution < 1.29 is 0 Å². The van der Waals surface area contributed by atoms with Crippen molar-refractivity contribution in [2.24, 2.45) is 0 Å². The molecule has 59 heavy (non-hydrogen) atoms. The molecule has 0 atom stereocenters. The van der Waals surface area contributed by atoms with Crippen LogP contribution in [-0.4, -0.2) is 15.0 Å². The summed E-state index contributed by atoms with van der Waals surface area (Å²) in [7, 11) is 0. The molecular weight excluding hydrogens is 735 g/mol. The van der Waals surface area contributed by atoms with Gasteiger partial charge in [-0.25, -0.2) is 15.0 Å². The molecule has 11 rings (SSSR count). The van der Waals surface area contributed by atoms with Crippen LogP contribution in [0.2, 0.25) is 0 Å². The molecule has 0 aliphatic carbocycles. The van der Waals surface area contributed by atoms with Gasteiger partial charge in [0.15, 0.2) is 5.82 Å². The normalized spacial score (nSPS) is 11.4. The average Bonchev–Trinajstić information content (AvgIpc) is 3.73. The maximum absolute atomic E-state index is 5.29. The number of para-hydroxylation sites is 1. The summed E-state index contributed by atoms with van der Waals surface area (Å²) in [6.07, 6.45) is 0. The van der Waals surface area contributed by atoms with Crippen molar-refractivity contribution in [3.63, 3.8) is 0 Å². The van der Waals surface area contributed by atoms with E-state index in [4.69, 9.17) is 15.0 Å². The van der Waals surface area contributed by atoms with Gasteiger partial charge in [0, 0.05) is 43.5 Å². The molecule has 4 heteroatoms. The number of aromatic nitrogens is 3. The van der Waals surface area contributed by atoms with E-state index in [-0.39, 0.29) is 0 Å². The van der Waals surface area contributed by atoms with E-state index < -0.39 is 0 Å². The van der Waals surface area contributed by atoms with Crippen molar-refractivity contribution >= 4 is 43.1 Å². The van der Waals surface area contributed by atoms with Gasteiger partial charge in [0.25, 0.3) is 0 Å². The molecule has 3 nitrogen and oxygen atoms in total. The number of pyridine rings is 1. The highest BCUT2D eigenvalue weighted by Gasteiger charge is 2.22. The summed E-state index contributed by atoms with van der Waals surface area (Å²) in [6.45, 7) is 0. The minimum Gasteiger partial charge on any atom is -0.246 e. The van der Waals surface area contributed by atoms with Crippen LogP contribution >= 0.6 is 11.3 Å². The second kappa shape index (κ2) is 14.8. The largest absolute Gasteiger partial charge is 0.246 e. The standard InChI is InChI=1S/C55H35N3S/c1-4-15-39(16-5-1)48-35-49(58-55(57-48)43-19-8-3-9-20-43)40-29-24-37(25-30-40)38-26-31-42(32-27-38)53-50(45-33-28-36-14-10-11-21-44(36)34-45)51-46-22-12-13-23-47(46)56-52(54(51)59-53)41-17-6-2-7-18-41/h1-35H. The smallest absolute Gasteiger partial charge is 0.160 e. The first-order valence-corrected chi connectivity index (χ1v) is 20.7. The van der Waals surface area contributed by atoms with Crippen LogP contribution in [0.4, 0.5) is 0 Å². The Morgan fingerprint density at radius 3 is 1.53 bits per heavy atom. The molecule has 0 fully saturated rings. The minimum absolute atomic E-state index is 0.714.